The van der Waals surface area contributed by atoms with Crippen LogP contribution in [-0.2, 0) is 11.3 Å². The van der Waals surface area contributed by atoms with Crippen LogP contribution in [0.2, 0.25) is 0 Å². The minimum Gasteiger partial charge on any atom is -0.448 e. The highest BCUT2D eigenvalue weighted by molar-refractivity contribution is 6.02. The summed E-state index contributed by atoms with van der Waals surface area (Å²) in [5, 5.41) is 5.96. The van der Waals surface area contributed by atoms with Crippen molar-refractivity contribution in [2.75, 3.05) is 12.4 Å². The smallest absolute Gasteiger partial charge is 0.297 e. The fourth-order valence-corrected chi connectivity index (χ4v) is 2.93. The third-order valence-electron chi connectivity index (χ3n) is 4.32. The number of fused-ring (bicyclic) bond motifs is 3. The molecule has 0 aliphatic rings. The molecule has 2 heterocycles. The Morgan fingerprint density at radius 1 is 1.11 bits per heavy atom. The van der Waals surface area contributed by atoms with Crippen molar-refractivity contribution in [2.45, 2.75) is 6.54 Å². The molecule has 0 fully saturated rings. The molecule has 0 saturated carbocycles. The molecule has 0 aliphatic heterocycles. The van der Waals surface area contributed by atoms with Gasteiger partial charge in [-0.3, -0.25) is 19.0 Å². The Balaban J connectivity index is 1.55. The Hall–Kier alpha value is -3.94. The van der Waals surface area contributed by atoms with Gasteiger partial charge in [0.15, 0.2) is 0 Å². The summed E-state index contributed by atoms with van der Waals surface area (Å²) in [7, 11) is 1.54. The van der Waals surface area contributed by atoms with Crippen LogP contribution in [-0.4, -0.2) is 28.4 Å². The maximum atomic E-state index is 12.6. The van der Waals surface area contributed by atoms with E-state index in [0.29, 0.717) is 22.4 Å². The molecule has 8 heteroatoms. The van der Waals surface area contributed by atoms with E-state index in [1.807, 2.05) is 18.2 Å². The zero-order valence-corrected chi connectivity index (χ0v) is 14.9. The number of benzene rings is 2. The van der Waals surface area contributed by atoms with Crippen molar-refractivity contribution in [3.63, 3.8) is 0 Å². The number of rotatable bonds is 4. The predicted molar refractivity (Wildman–Crippen MR) is 104 cm³/mol. The molecule has 0 aliphatic carbocycles. The maximum absolute atomic E-state index is 12.6. The van der Waals surface area contributed by atoms with E-state index in [2.05, 4.69) is 15.6 Å². The first-order valence-corrected chi connectivity index (χ1v) is 8.55. The molecule has 140 valence electrons. The largest absolute Gasteiger partial charge is 0.448 e. The van der Waals surface area contributed by atoms with E-state index in [1.165, 1.54) is 10.9 Å². The Bertz CT molecular complexity index is 1250. The zero-order chi connectivity index (χ0) is 19.7. The highest BCUT2D eigenvalue weighted by atomic mass is 16.3. The van der Waals surface area contributed by atoms with E-state index in [1.54, 1.807) is 37.4 Å². The van der Waals surface area contributed by atoms with E-state index < -0.39 is 11.5 Å². The molecule has 0 spiro atoms. The second-order valence-electron chi connectivity index (χ2n) is 6.16. The summed E-state index contributed by atoms with van der Waals surface area (Å²) in [4.78, 5) is 40.8. The monoisotopic (exact) mass is 376 g/mol. The van der Waals surface area contributed by atoms with Crippen molar-refractivity contribution in [1.29, 1.82) is 0 Å². The highest BCUT2D eigenvalue weighted by Gasteiger charge is 2.14. The minimum absolute atomic E-state index is 0.117. The lowest BCUT2D eigenvalue weighted by Gasteiger charge is -2.07. The van der Waals surface area contributed by atoms with Crippen LogP contribution in [0.15, 0.2) is 64.1 Å². The Labute approximate surface area is 158 Å². The number of carbonyl (C=O) groups is 2. The SMILES string of the molecule is CNC(=O)c1ccc(NC(=O)Cn2cnc3c(oc4ccccc43)c2=O)cc1. The molecule has 28 heavy (non-hydrogen) atoms. The summed E-state index contributed by atoms with van der Waals surface area (Å²) in [6, 6.07) is 13.7. The first-order chi connectivity index (χ1) is 13.6. The number of amides is 2. The number of nitrogens with one attached hydrogen (secondary N) is 2. The van der Waals surface area contributed by atoms with Gasteiger partial charge < -0.3 is 15.1 Å². The second-order valence-corrected chi connectivity index (χ2v) is 6.16. The molecule has 2 aromatic heterocycles. The molecule has 0 unspecified atom stereocenters. The van der Waals surface area contributed by atoms with Gasteiger partial charge in [-0.25, -0.2) is 4.98 Å². The number of aromatic nitrogens is 2. The average molecular weight is 376 g/mol. The van der Waals surface area contributed by atoms with Crippen LogP contribution in [0.5, 0.6) is 0 Å². The van der Waals surface area contributed by atoms with Gasteiger partial charge in [-0.1, -0.05) is 12.1 Å². The third-order valence-corrected chi connectivity index (χ3v) is 4.32. The molecule has 2 N–H and O–H groups in total. The number of furan rings is 1. The number of hydrogen-bond acceptors (Lipinski definition) is 5. The van der Waals surface area contributed by atoms with Crippen LogP contribution >= 0.6 is 0 Å². The normalized spacial score (nSPS) is 10.9. The number of carbonyl (C=O) groups excluding carboxylic acids is 2. The first kappa shape index (κ1) is 17.5. The quantitative estimate of drug-likeness (QED) is 0.568. The Morgan fingerprint density at radius 2 is 1.86 bits per heavy atom. The molecular formula is C20H16N4O4. The lowest BCUT2D eigenvalue weighted by Crippen LogP contribution is -2.27. The van der Waals surface area contributed by atoms with Crippen molar-refractivity contribution >= 4 is 39.6 Å². The van der Waals surface area contributed by atoms with E-state index in [9.17, 15) is 14.4 Å². The van der Waals surface area contributed by atoms with Crippen molar-refractivity contribution in [1.82, 2.24) is 14.9 Å². The molecule has 0 bridgehead atoms. The molecule has 2 aromatic carbocycles. The van der Waals surface area contributed by atoms with Gasteiger partial charge in [0, 0.05) is 23.7 Å². The van der Waals surface area contributed by atoms with Crippen LogP contribution in [0.4, 0.5) is 5.69 Å². The second kappa shape index (κ2) is 6.99. The van der Waals surface area contributed by atoms with Crippen LogP contribution in [0.3, 0.4) is 0 Å². The van der Waals surface area contributed by atoms with Crippen LogP contribution in [0.1, 0.15) is 10.4 Å². The summed E-state index contributed by atoms with van der Waals surface area (Å²) in [5.74, 6) is -0.610. The molecule has 0 saturated heterocycles. The zero-order valence-electron chi connectivity index (χ0n) is 14.9. The van der Waals surface area contributed by atoms with E-state index in [0.717, 1.165) is 5.39 Å². The van der Waals surface area contributed by atoms with Crippen molar-refractivity contribution in [2.24, 2.45) is 0 Å². The van der Waals surface area contributed by atoms with Gasteiger partial charge >= 0.3 is 0 Å². The van der Waals surface area contributed by atoms with Crippen LogP contribution in [0, 0.1) is 0 Å². The van der Waals surface area contributed by atoms with Crippen LogP contribution in [0.25, 0.3) is 22.1 Å². The van der Waals surface area contributed by atoms with E-state index in [-0.39, 0.29) is 18.0 Å². The summed E-state index contributed by atoms with van der Waals surface area (Å²) in [5.41, 5.74) is 1.74. The fraction of sp³-hybridized carbons (Fsp3) is 0.100. The lowest BCUT2D eigenvalue weighted by molar-refractivity contribution is -0.116. The number of anilines is 1. The van der Waals surface area contributed by atoms with Gasteiger partial charge in [0.05, 0.1) is 6.33 Å². The standard InChI is InChI=1S/C20H16N4O4/c1-21-19(26)12-6-8-13(9-7-12)23-16(25)10-24-11-22-17-14-4-2-3-5-15(14)28-18(17)20(24)27/h2-9,11H,10H2,1H3,(H,21,26)(H,23,25). The summed E-state index contributed by atoms with van der Waals surface area (Å²) in [6.45, 7) is -0.212. The third kappa shape index (κ3) is 3.11. The Morgan fingerprint density at radius 3 is 2.61 bits per heavy atom. The molecule has 8 nitrogen and oxygen atoms in total. The average Bonchev–Trinajstić information content (AvgIpc) is 3.09. The molecule has 0 radical (unpaired) electrons. The van der Waals surface area contributed by atoms with Crippen molar-refractivity contribution < 1.29 is 14.0 Å². The first-order valence-electron chi connectivity index (χ1n) is 8.55. The maximum Gasteiger partial charge on any atom is 0.297 e. The predicted octanol–water partition coefficient (Wildman–Crippen LogP) is 2.14. The van der Waals surface area contributed by atoms with Crippen molar-refractivity contribution in [3.8, 4) is 0 Å². The fourth-order valence-electron chi connectivity index (χ4n) is 2.93. The Kier molecular flexibility index (Phi) is 4.36. The molecular weight excluding hydrogens is 360 g/mol. The summed E-state index contributed by atoms with van der Waals surface area (Å²) >= 11 is 0. The van der Waals surface area contributed by atoms with Gasteiger partial charge in [0.25, 0.3) is 11.5 Å². The molecule has 4 aromatic rings. The van der Waals surface area contributed by atoms with E-state index >= 15 is 0 Å². The molecule has 2 amide bonds. The minimum atomic E-state index is -0.425. The summed E-state index contributed by atoms with van der Waals surface area (Å²) < 4.78 is 6.80. The van der Waals surface area contributed by atoms with Gasteiger partial charge in [0.2, 0.25) is 11.5 Å². The van der Waals surface area contributed by atoms with Crippen LogP contribution < -0.4 is 16.2 Å². The van der Waals surface area contributed by atoms with E-state index in [4.69, 9.17) is 4.42 Å². The van der Waals surface area contributed by atoms with Gasteiger partial charge in [-0.2, -0.15) is 0 Å². The number of hydrogen-bond donors (Lipinski definition) is 2. The van der Waals surface area contributed by atoms with Gasteiger partial charge in [-0.15, -0.1) is 0 Å². The lowest BCUT2D eigenvalue weighted by atomic mass is 10.2. The topological polar surface area (TPSA) is 106 Å². The number of para-hydroxylation sites is 1. The van der Waals surface area contributed by atoms with Gasteiger partial charge in [0.1, 0.15) is 17.6 Å². The highest BCUT2D eigenvalue weighted by Crippen LogP contribution is 2.24. The summed E-state index contributed by atoms with van der Waals surface area (Å²) in [6.07, 6.45) is 1.33. The van der Waals surface area contributed by atoms with Gasteiger partial charge in [-0.05, 0) is 36.4 Å². The molecule has 4 rings (SSSR count). The number of nitrogens with zero attached hydrogens (tertiary/aromatic N) is 2. The molecule has 0 atom stereocenters. The van der Waals surface area contributed by atoms with Crippen molar-refractivity contribution in [3.05, 3.63) is 70.8 Å².